The van der Waals surface area contributed by atoms with Gasteiger partial charge in [0.25, 0.3) is 0 Å². The molecule has 0 aliphatic heterocycles. The van der Waals surface area contributed by atoms with Crippen LogP contribution in [0.1, 0.15) is 66.2 Å². The summed E-state index contributed by atoms with van der Waals surface area (Å²) < 4.78 is 11.9. The van der Waals surface area contributed by atoms with Gasteiger partial charge in [-0.1, -0.05) is 40.5 Å². The summed E-state index contributed by atoms with van der Waals surface area (Å²) in [4.78, 5) is 24.5. The summed E-state index contributed by atoms with van der Waals surface area (Å²) >= 11 is 0. The van der Waals surface area contributed by atoms with Gasteiger partial charge >= 0.3 is 0 Å². The maximum Gasteiger partial charge on any atom is 0.239 e. The number of guanidine groups is 1. The van der Waals surface area contributed by atoms with Crippen molar-refractivity contribution in [2.24, 2.45) is 17.4 Å². The van der Waals surface area contributed by atoms with E-state index in [9.17, 15) is 9.59 Å². The van der Waals surface area contributed by atoms with Crippen LogP contribution >= 0.6 is 0 Å². The number of ether oxygens (including phenoxy) is 2. The van der Waals surface area contributed by atoms with Gasteiger partial charge in [0.15, 0.2) is 12.2 Å². The molecule has 0 aliphatic rings. The van der Waals surface area contributed by atoms with Crippen LogP contribution in [0.5, 0.6) is 0 Å². The predicted molar refractivity (Wildman–Crippen MR) is 122 cm³/mol. The van der Waals surface area contributed by atoms with E-state index in [1.54, 1.807) is 0 Å². The molecule has 0 aliphatic carbocycles. The van der Waals surface area contributed by atoms with Gasteiger partial charge in [-0.05, 0) is 31.6 Å². The van der Waals surface area contributed by atoms with E-state index >= 15 is 0 Å². The Morgan fingerprint density at radius 1 is 1.00 bits per heavy atom. The average molecular weight is 445 g/mol. The molecule has 0 bridgehead atoms. The van der Waals surface area contributed by atoms with Crippen molar-refractivity contribution < 1.29 is 19.1 Å². The summed E-state index contributed by atoms with van der Waals surface area (Å²) in [6.07, 6.45) is 4.39. The molecule has 8 N–H and O–H groups in total. The molecule has 0 saturated carbocycles. The fourth-order valence-corrected chi connectivity index (χ4v) is 2.64. The van der Waals surface area contributed by atoms with Crippen LogP contribution in [0.3, 0.4) is 0 Å². The Balaban J connectivity index is 4.99. The summed E-state index contributed by atoms with van der Waals surface area (Å²) in [5.74, 6) is -0.813. The zero-order chi connectivity index (χ0) is 23.6. The van der Waals surface area contributed by atoms with Gasteiger partial charge in [0.05, 0.1) is 18.6 Å². The number of nitrogens with one attached hydrogen (secondary N) is 4. The highest BCUT2D eigenvalue weighted by Crippen LogP contribution is 2.11. The van der Waals surface area contributed by atoms with Gasteiger partial charge in [-0.2, -0.15) is 0 Å². The molecule has 182 valence electrons. The van der Waals surface area contributed by atoms with Crippen LogP contribution in [0.2, 0.25) is 0 Å². The van der Waals surface area contributed by atoms with Crippen molar-refractivity contribution in [3.63, 3.8) is 0 Å². The average Bonchev–Trinajstić information content (AvgIpc) is 2.72. The molecular formula is C21H44N6O4. The van der Waals surface area contributed by atoms with Crippen LogP contribution in [0.25, 0.3) is 0 Å². The zero-order valence-electron chi connectivity index (χ0n) is 19.7. The topological polar surface area (TPSA) is 165 Å². The third-order valence-electron chi connectivity index (χ3n) is 4.69. The first kappa shape index (κ1) is 29.1. The third-order valence-corrected chi connectivity index (χ3v) is 4.69. The molecule has 0 saturated heterocycles. The fraction of sp³-hybridized carbons (Fsp3) is 0.857. The minimum atomic E-state index is -0.663. The maximum absolute atomic E-state index is 12.5. The Labute approximate surface area is 187 Å². The first-order valence-corrected chi connectivity index (χ1v) is 11.4. The molecule has 1 unspecified atom stereocenters. The SMILES string of the molecule is CCCCOC(OCCCC)C(CCCNC(=N)N)NC(=O)CNC(=O)[C@@H](N)C(C)C. The van der Waals surface area contributed by atoms with Crippen molar-refractivity contribution >= 4 is 17.8 Å². The minimum Gasteiger partial charge on any atom is -0.370 e. The van der Waals surface area contributed by atoms with Crippen molar-refractivity contribution in [2.45, 2.75) is 84.6 Å². The quantitative estimate of drug-likeness (QED) is 0.0787. The van der Waals surface area contributed by atoms with Crippen LogP contribution in [0.15, 0.2) is 0 Å². The molecule has 0 aromatic heterocycles. The summed E-state index contributed by atoms with van der Waals surface area (Å²) in [7, 11) is 0. The molecule has 0 spiro atoms. The standard InChI is InChI=1S/C21H44N6O4/c1-5-7-12-30-20(31-13-8-6-2)16(10-9-11-25-21(23)24)27-17(28)14-26-19(29)18(22)15(3)4/h15-16,18,20H,5-14,22H2,1-4H3,(H,26,29)(H,27,28)(H4,23,24,25)/t16?,18-/m0/s1. The Kier molecular flexibility index (Phi) is 16.6. The van der Waals surface area contributed by atoms with Gasteiger partial charge in [0.2, 0.25) is 11.8 Å². The molecular weight excluding hydrogens is 400 g/mol. The van der Waals surface area contributed by atoms with Crippen LogP contribution in [0, 0.1) is 11.3 Å². The van der Waals surface area contributed by atoms with Crippen LogP contribution in [-0.2, 0) is 19.1 Å². The summed E-state index contributed by atoms with van der Waals surface area (Å²) in [6, 6.07) is -1.06. The summed E-state index contributed by atoms with van der Waals surface area (Å²) in [5.41, 5.74) is 11.1. The van der Waals surface area contributed by atoms with Crippen molar-refractivity contribution in [1.82, 2.24) is 16.0 Å². The first-order valence-electron chi connectivity index (χ1n) is 11.4. The third kappa shape index (κ3) is 14.7. The molecule has 10 heteroatoms. The van der Waals surface area contributed by atoms with E-state index in [1.807, 2.05) is 13.8 Å². The number of amides is 2. The Bertz CT molecular complexity index is 508. The van der Waals surface area contributed by atoms with Crippen molar-refractivity contribution in [3.8, 4) is 0 Å². The molecule has 2 amide bonds. The van der Waals surface area contributed by atoms with Crippen molar-refractivity contribution in [2.75, 3.05) is 26.3 Å². The number of carbonyl (C=O) groups is 2. The molecule has 0 fully saturated rings. The van der Waals surface area contributed by atoms with E-state index in [4.69, 9.17) is 26.4 Å². The highest BCUT2D eigenvalue weighted by molar-refractivity contribution is 5.87. The number of unbranched alkanes of at least 4 members (excludes halogenated alkanes) is 2. The molecule has 0 heterocycles. The number of carbonyl (C=O) groups excluding carboxylic acids is 2. The van der Waals surface area contributed by atoms with Gasteiger partial charge in [-0.25, -0.2) is 0 Å². The normalized spacial score (nSPS) is 13.1. The second kappa shape index (κ2) is 17.7. The number of nitrogens with two attached hydrogens (primary N) is 2. The monoisotopic (exact) mass is 444 g/mol. The molecule has 0 aromatic carbocycles. The van der Waals surface area contributed by atoms with E-state index in [2.05, 4.69) is 29.8 Å². The van der Waals surface area contributed by atoms with Crippen molar-refractivity contribution in [1.29, 1.82) is 5.41 Å². The molecule has 10 nitrogen and oxygen atoms in total. The maximum atomic E-state index is 12.5. The van der Waals surface area contributed by atoms with Crippen molar-refractivity contribution in [3.05, 3.63) is 0 Å². The summed E-state index contributed by atoms with van der Waals surface area (Å²) in [5, 5.41) is 15.5. The zero-order valence-corrected chi connectivity index (χ0v) is 19.7. The number of hydrogen-bond acceptors (Lipinski definition) is 6. The van der Waals surface area contributed by atoms with Gasteiger partial charge in [-0.15, -0.1) is 0 Å². The summed E-state index contributed by atoms with van der Waals surface area (Å²) in [6.45, 7) is 9.25. The molecule has 31 heavy (non-hydrogen) atoms. The lowest BCUT2D eigenvalue weighted by Crippen LogP contribution is -2.51. The van der Waals surface area contributed by atoms with Crippen LogP contribution in [-0.4, -0.2) is 62.5 Å². The van der Waals surface area contributed by atoms with Gasteiger partial charge < -0.3 is 36.9 Å². The van der Waals surface area contributed by atoms with E-state index in [1.165, 1.54) is 0 Å². The Morgan fingerprint density at radius 2 is 1.58 bits per heavy atom. The molecule has 0 aromatic rings. The van der Waals surface area contributed by atoms with E-state index in [0.717, 1.165) is 25.7 Å². The second-order valence-corrected chi connectivity index (χ2v) is 7.96. The van der Waals surface area contributed by atoms with E-state index in [-0.39, 0.29) is 30.2 Å². The van der Waals surface area contributed by atoms with Crippen LogP contribution in [0.4, 0.5) is 0 Å². The van der Waals surface area contributed by atoms with Crippen LogP contribution < -0.4 is 27.4 Å². The number of rotatable bonds is 18. The highest BCUT2D eigenvalue weighted by atomic mass is 16.7. The minimum absolute atomic E-state index is 0.0205. The Morgan fingerprint density at radius 3 is 2.06 bits per heavy atom. The largest absolute Gasteiger partial charge is 0.370 e. The first-order chi connectivity index (χ1) is 14.7. The van der Waals surface area contributed by atoms with Gasteiger partial charge in [0.1, 0.15) is 0 Å². The van der Waals surface area contributed by atoms with Gasteiger partial charge in [0, 0.05) is 19.8 Å². The lowest BCUT2D eigenvalue weighted by molar-refractivity contribution is -0.165. The Hall–Kier alpha value is -1.91. The second-order valence-electron chi connectivity index (χ2n) is 7.96. The molecule has 2 atom stereocenters. The molecule has 0 rings (SSSR count). The fourth-order valence-electron chi connectivity index (χ4n) is 2.64. The van der Waals surface area contributed by atoms with E-state index < -0.39 is 18.4 Å². The predicted octanol–water partition coefficient (Wildman–Crippen LogP) is 0.793. The number of hydrogen-bond donors (Lipinski definition) is 6. The van der Waals surface area contributed by atoms with Gasteiger partial charge in [-0.3, -0.25) is 15.0 Å². The smallest absolute Gasteiger partial charge is 0.239 e. The lowest BCUT2D eigenvalue weighted by Gasteiger charge is -2.29. The molecule has 0 radical (unpaired) electrons. The highest BCUT2D eigenvalue weighted by Gasteiger charge is 2.25. The lowest BCUT2D eigenvalue weighted by atomic mass is 10.1. The van der Waals surface area contributed by atoms with E-state index in [0.29, 0.717) is 32.6 Å².